The van der Waals surface area contributed by atoms with Gasteiger partial charge in [0.15, 0.2) is 0 Å². The highest BCUT2D eigenvalue weighted by atomic mass is 35.5. The lowest BCUT2D eigenvalue weighted by atomic mass is 10.2. The van der Waals surface area contributed by atoms with Gasteiger partial charge in [-0.05, 0) is 12.1 Å². The second-order valence-electron chi connectivity index (χ2n) is 4.90. The largest absolute Gasteiger partial charge is 0.310 e. The summed E-state index contributed by atoms with van der Waals surface area (Å²) < 4.78 is 22.9. The van der Waals surface area contributed by atoms with Crippen LogP contribution in [0.4, 0.5) is 5.69 Å². The number of amides is 1. The van der Waals surface area contributed by atoms with E-state index in [4.69, 9.17) is 16.7 Å². The maximum atomic E-state index is 12.1. The van der Waals surface area contributed by atoms with E-state index in [0.29, 0.717) is 11.2 Å². The van der Waals surface area contributed by atoms with Gasteiger partial charge in [-0.3, -0.25) is 4.79 Å². The number of hydrogen-bond acceptors (Lipinski definition) is 4. The van der Waals surface area contributed by atoms with Gasteiger partial charge in [0.05, 0.1) is 11.2 Å². The third-order valence-electron chi connectivity index (χ3n) is 3.51. The Bertz CT molecular complexity index is 838. The molecule has 1 unspecified atom stereocenters. The van der Waals surface area contributed by atoms with E-state index in [9.17, 15) is 13.2 Å². The molecule has 0 saturated carbocycles. The number of para-hydroxylation sites is 1. The van der Waals surface area contributed by atoms with Crippen LogP contribution >= 0.6 is 11.6 Å². The molecule has 2 heterocycles. The number of primary sulfonamides is 1. The van der Waals surface area contributed by atoms with Gasteiger partial charge >= 0.3 is 0 Å². The second kappa shape index (κ2) is 4.94. The van der Waals surface area contributed by atoms with Crippen molar-refractivity contribution in [1.82, 2.24) is 4.98 Å². The Kier molecular flexibility index (Phi) is 3.35. The summed E-state index contributed by atoms with van der Waals surface area (Å²) in [5.41, 5.74) is 1.20. The zero-order chi connectivity index (χ0) is 15.2. The minimum absolute atomic E-state index is 0.0298. The predicted octanol–water partition coefficient (Wildman–Crippen LogP) is 1.28. The van der Waals surface area contributed by atoms with Crippen LogP contribution in [0.1, 0.15) is 6.42 Å². The molecule has 1 aromatic carbocycles. The number of fused-ring (bicyclic) bond motifs is 1. The summed E-state index contributed by atoms with van der Waals surface area (Å²) >= 11 is 5.98. The van der Waals surface area contributed by atoms with Crippen LogP contribution in [0.2, 0.25) is 5.15 Å². The number of halogens is 1. The topological polar surface area (TPSA) is 93.4 Å². The van der Waals surface area contributed by atoms with Crippen LogP contribution in [0, 0.1) is 0 Å². The van der Waals surface area contributed by atoms with Gasteiger partial charge in [-0.2, -0.15) is 0 Å². The van der Waals surface area contributed by atoms with Crippen LogP contribution in [0.15, 0.2) is 30.3 Å². The Hall–Kier alpha value is -1.70. The molecular formula is C13H12ClN3O3S. The van der Waals surface area contributed by atoms with E-state index in [1.807, 2.05) is 18.2 Å². The molecule has 0 spiro atoms. The molecule has 0 radical (unpaired) electrons. The highest BCUT2D eigenvalue weighted by Crippen LogP contribution is 2.32. The number of carbonyl (C=O) groups is 1. The molecule has 1 aliphatic rings. The highest BCUT2D eigenvalue weighted by molar-refractivity contribution is 7.89. The lowest BCUT2D eigenvalue weighted by molar-refractivity contribution is -0.117. The molecule has 6 nitrogen and oxygen atoms in total. The summed E-state index contributed by atoms with van der Waals surface area (Å²) in [5, 5.41) is 5.23. The van der Waals surface area contributed by atoms with E-state index in [0.717, 1.165) is 5.39 Å². The number of hydrogen-bond donors (Lipinski definition) is 1. The van der Waals surface area contributed by atoms with Crippen LogP contribution in [0.3, 0.4) is 0 Å². The van der Waals surface area contributed by atoms with Crippen LogP contribution in [-0.4, -0.2) is 31.1 Å². The van der Waals surface area contributed by atoms with Crippen molar-refractivity contribution in [2.75, 3.05) is 11.4 Å². The smallest absolute Gasteiger partial charge is 0.228 e. The normalized spacial score (nSPS) is 19.4. The molecule has 3 rings (SSSR count). The lowest BCUT2D eigenvalue weighted by Crippen LogP contribution is -2.32. The molecule has 2 N–H and O–H groups in total. The van der Waals surface area contributed by atoms with Crippen molar-refractivity contribution in [1.29, 1.82) is 0 Å². The summed E-state index contributed by atoms with van der Waals surface area (Å²) in [6.07, 6.45) is -0.118. The van der Waals surface area contributed by atoms with Crippen molar-refractivity contribution in [2.45, 2.75) is 11.7 Å². The molecule has 110 valence electrons. The Morgan fingerprint density at radius 2 is 2.05 bits per heavy atom. The summed E-state index contributed by atoms with van der Waals surface area (Å²) in [6, 6.07) is 8.79. The van der Waals surface area contributed by atoms with E-state index in [-0.39, 0.29) is 24.0 Å². The first-order valence-corrected chi connectivity index (χ1v) is 8.22. The van der Waals surface area contributed by atoms with E-state index < -0.39 is 15.3 Å². The first-order valence-electron chi connectivity index (χ1n) is 6.23. The molecule has 1 amide bonds. The number of nitrogens with zero attached hydrogens (tertiary/aromatic N) is 2. The average molecular weight is 326 g/mol. The van der Waals surface area contributed by atoms with Gasteiger partial charge in [0.1, 0.15) is 10.4 Å². The second-order valence-corrected chi connectivity index (χ2v) is 7.13. The summed E-state index contributed by atoms with van der Waals surface area (Å²) in [7, 11) is -3.75. The summed E-state index contributed by atoms with van der Waals surface area (Å²) in [4.78, 5) is 17.7. The van der Waals surface area contributed by atoms with Crippen molar-refractivity contribution in [3.05, 3.63) is 35.5 Å². The van der Waals surface area contributed by atoms with E-state index in [1.165, 1.54) is 4.90 Å². The first kappa shape index (κ1) is 14.2. The van der Waals surface area contributed by atoms with E-state index in [2.05, 4.69) is 4.98 Å². The fourth-order valence-corrected chi connectivity index (χ4v) is 3.40. The van der Waals surface area contributed by atoms with E-state index in [1.54, 1.807) is 12.1 Å². The fraction of sp³-hybridized carbons (Fsp3) is 0.231. The number of rotatable bonds is 2. The monoisotopic (exact) mass is 325 g/mol. The van der Waals surface area contributed by atoms with Gasteiger partial charge in [-0.1, -0.05) is 29.8 Å². The molecular weight excluding hydrogens is 314 g/mol. The molecule has 1 atom stereocenters. The molecule has 0 bridgehead atoms. The molecule has 1 fully saturated rings. The SMILES string of the molecule is NS(=O)(=O)C1CC(=O)N(c2cc(Cl)nc3ccccc23)C1. The number of carbonyl (C=O) groups excluding carboxylic acids is 1. The number of anilines is 1. The van der Waals surface area contributed by atoms with Gasteiger partial charge in [0, 0.05) is 18.4 Å². The fourth-order valence-electron chi connectivity index (χ4n) is 2.48. The Morgan fingerprint density at radius 1 is 1.33 bits per heavy atom. The predicted molar refractivity (Wildman–Crippen MR) is 80.6 cm³/mol. The Labute approximate surface area is 126 Å². The van der Waals surface area contributed by atoms with Gasteiger partial charge in [-0.25, -0.2) is 18.5 Å². The molecule has 1 aliphatic heterocycles. The standard InChI is InChI=1S/C13H12ClN3O3S/c14-12-6-11(9-3-1-2-4-10(9)16-12)17-7-8(5-13(17)18)21(15,19)20/h1-4,6,8H,5,7H2,(H2,15,19,20). The number of pyridine rings is 1. The van der Waals surface area contributed by atoms with Crippen LogP contribution < -0.4 is 10.0 Å². The number of sulfonamides is 1. The maximum absolute atomic E-state index is 12.1. The number of nitrogens with two attached hydrogens (primary N) is 1. The molecule has 21 heavy (non-hydrogen) atoms. The Morgan fingerprint density at radius 3 is 2.71 bits per heavy atom. The van der Waals surface area contributed by atoms with Crippen molar-refractivity contribution in [3.63, 3.8) is 0 Å². The minimum Gasteiger partial charge on any atom is -0.310 e. The molecule has 1 aromatic heterocycles. The van der Waals surface area contributed by atoms with Gasteiger partial charge < -0.3 is 4.90 Å². The average Bonchev–Trinajstić information content (AvgIpc) is 2.79. The zero-order valence-corrected chi connectivity index (χ0v) is 12.4. The van der Waals surface area contributed by atoms with E-state index >= 15 is 0 Å². The van der Waals surface area contributed by atoms with Crippen molar-refractivity contribution in [2.24, 2.45) is 5.14 Å². The third-order valence-corrected chi connectivity index (χ3v) is 4.95. The Balaban J connectivity index is 2.11. The maximum Gasteiger partial charge on any atom is 0.228 e. The minimum atomic E-state index is -3.75. The van der Waals surface area contributed by atoms with Gasteiger partial charge in [0.25, 0.3) is 0 Å². The molecule has 8 heteroatoms. The van der Waals surface area contributed by atoms with Crippen molar-refractivity contribution < 1.29 is 13.2 Å². The van der Waals surface area contributed by atoms with Crippen molar-refractivity contribution in [3.8, 4) is 0 Å². The van der Waals surface area contributed by atoms with Crippen LogP contribution in [0.25, 0.3) is 10.9 Å². The summed E-state index contributed by atoms with van der Waals surface area (Å²) in [5.74, 6) is -0.290. The molecule has 1 saturated heterocycles. The number of aromatic nitrogens is 1. The van der Waals surface area contributed by atoms with Crippen molar-refractivity contribution >= 4 is 44.1 Å². The molecule has 2 aromatic rings. The molecule has 0 aliphatic carbocycles. The van der Waals surface area contributed by atoms with Gasteiger partial charge in [0.2, 0.25) is 15.9 Å². The first-order chi connectivity index (χ1) is 9.86. The quantitative estimate of drug-likeness (QED) is 0.842. The number of benzene rings is 1. The zero-order valence-electron chi connectivity index (χ0n) is 10.9. The van der Waals surface area contributed by atoms with Crippen LogP contribution in [-0.2, 0) is 14.8 Å². The highest BCUT2D eigenvalue weighted by Gasteiger charge is 2.37. The van der Waals surface area contributed by atoms with Gasteiger partial charge in [-0.15, -0.1) is 0 Å². The lowest BCUT2D eigenvalue weighted by Gasteiger charge is -2.18. The third kappa shape index (κ3) is 2.59. The van der Waals surface area contributed by atoms with Crippen LogP contribution in [0.5, 0.6) is 0 Å². The summed E-state index contributed by atoms with van der Waals surface area (Å²) in [6.45, 7) is 0.0298.